The molecule has 0 saturated carbocycles. The standard InChI is InChI=1S/C15H14FN3/c1-4-13-7-10(2)8-15(18-13)19-14-9-12(11(3)16)5-6-17-14/h1,5-9,11H,2-3H3,(H,17,18,19). The van der Waals surface area contributed by atoms with Crippen LogP contribution in [-0.2, 0) is 0 Å². The van der Waals surface area contributed by atoms with E-state index in [-0.39, 0.29) is 0 Å². The van der Waals surface area contributed by atoms with Crippen LogP contribution in [0.1, 0.15) is 29.9 Å². The van der Waals surface area contributed by atoms with Crippen LogP contribution in [0.5, 0.6) is 0 Å². The zero-order chi connectivity index (χ0) is 13.8. The fourth-order valence-corrected chi connectivity index (χ4v) is 1.70. The predicted octanol–water partition coefficient (Wildman–Crippen LogP) is 3.54. The van der Waals surface area contributed by atoms with Gasteiger partial charge >= 0.3 is 0 Å². The van der Waals surface area contributed by atoms with Crippen LogP contribution < -0.4 is 5.32 Å². The van der Waals surface area contributed by atoms with Crippen LogP contribution in [0.25, 0.3) is 0 Å². The maximum Gasteiger partial charge on any atom is 0.133 e. The number of pyridine rings is 2. The largest absolute Gasteiger partial charge is 0.325 e. The van der Waals surface area contributed by atoms with Gasteiger partial charge in [0, 0.05) is 6.20 Å². The van der Waals surface area contributed by atoms with Crippen molar-refractivity contribution in [3.63, 3.8) is 0 Å². The van der Waals surface area contributed by atoms with Crippen molar-refractivity contribution >= 4 is 11.6 Å². The molecule has 2 rings (SSSR count). The van der Waals surface area contributed by atoms with E-state index in [0.717, 1.165) is 5.56 Å². The lowest BCUT2D eigenvalue weighted by Gasteiger charge is -2.08. The Morgan fingerprint density at radius 1 is 1.32 bits per heavy atom. The quantitative estimate of drug-likeness (QED) is 0.852. The number of hydrogen-bond acceptors (Lipinski definition) is 3. The molecule has 0 bridgehead atoms. The van der Waals surface area contributed by atoms with E-state index in [0.29, 0.717) is 22.9 Å². The topological polar surface area (TPSA) is 37.8 Å². The first-order valence-electron chi connectivity index (χ1n) is 5.91. The maximum atomic E-state index is 13.2. The molecule has 0 saturated heterocycles. The average molecular weight is 255 g/mol. The molecule has 4 heteroatoms. The van der Waals surface area contributed by atoms with Crippen LogP contribution in [-0.4, -0.2) is 9.97 Å². The number of nitrogens with zero attached hydrogens (tertiary/aromatic N) is 2. The molecular weight excluding hydrogens is 241 g/mol. The lowest BCUT2D eigenvalue weighted by molar-refractivity contribution is 0.374. The van der Waals surface area contributed by atoms with Crippen molar-refractivity contribution in [2.75, 3.05) is 5.32 Å². The predicted molar refractivity (Wildman–Crippen MR) is 74.0 cm³/mol. The van der Waals surface area contributed by atoms with Gasteiger partial charge in [-0.3, -0.25) is 0 Å². The molecule has 1 unspecified atom stereocenters. The van der Waals surface area contributed by atoms with Crippen molar-refractivity contribution in [3.8, 4) is 12.3 Å². The highest BCUT2D eigenvalue weighted by Crippen LogP contribution is 2.20. The summed E-state index contributed by atoms with van der Waals surface area (Å²) in [6, 6.07) is 6.98. The van der Waals surface area contributed by atoms with E-state index in [1.165, 1.54) is 6.92 Å². The number of terminal acetylenes is 1. The van der Waals surface area contributed by atoms with Crippen molar-refractivity contribution in [1.82, 2.24) is 9.97 Å². The van der Waals surface area contributed by atoms with Crippen molar-refractivity contribution < 1.29 is 4.39 Å². The minimum absolute atomic E-state index is 0.545. The minimum Gasteiger partial charge on any atom is -0.325 e. The summed E-state index contributed by atoms with van der Waals surface area (Å²) >= 11 is 0. The van der Waals surface area contributed by atoms with Crippen LogP contribution in [0.2, 0.25) is 0 Å². The minimum atomic E-state index is -1.03. The van der Waals surface area contributed by atoms with E-state index < -0.39 is 6.17 Å². The fraction of sp³-hybridized carbons (Fsp3) is 0.200. The molecule has 19 heavy (non-hydrogen) atoms. The number of halogens is 1. The van der Waals surface area contributed by atoms with Gasteiger partial charge in [0.1, 0.15) is 23.5 Å². The molecule has 0 radical (unpaired) electrons. The smallest absolute Gasteiger partial charge is 0.133 e. The molecule has 2 aromatic rings. The van der Waals surface area contributed by atoms with Gasteiger partial charge in [0.25, 0.3) is 0 Å². The van der Waals surface area contributed by atoms with Crippen LogP contribution in [0.15, 0.2) is 30.5 Å². The Morgan fingerprint density at radius 3 is 2.79 bits per heavy atom. The van der Waals surface area contributed by atoms with Gasteiger partial charge in [-0.15, -0.1) is 6.42 Å². The summed E-state index contributed by atoms with van der Waals surface area (Å²) < 4.78 is 13.2. The fourth-order valence-electron chi connectivity index (χ4n) is 1.70. The number of nitrogens with one attached hydrogen (secondary N) is 1. The van der Waals surface area contributed by atoms with Crippen molar-refractivity contribution in [2.45, 2.75) is 20.0 Å². The zero-order valence-electron chi connectivity index (χ0n) is 10.8. The van der Waals surface area contributed by atoms with Gasteiger partial charge in [-0.25, -0.2) is 14.4 Å². The first-order chi connectivity index (χ1) is 9.08. The van der Waals surface area contributed by atoms with Crippen LogP contribution >= 0.6 is 0 Å². The van der Waals surface area contributed by atoms with Crippen molar-refractivity contribution in [1.29, 1.82) is 0 Å². The molecule has 0 spiro atoms. The second-order valence-corrected chi connectivity index (χ2v) is 4.27. The summed E-state index contributed by atoms with van der Waals surface area (Å²) in [5.74, 6) is 3.64. The molecule has 1 atom stereocenters. The summed E-state index contributed by atoms with van der Waals surface area (Å²) in [5.41, 5.74) is 2.13. The summed E-state index contributed by atoms with van der Waals surface area (Å²) in [7, 11) is 0. The summed E-state index contributed by atoms with van der Waals surface area (Å²) in [4.78, 5) is 8.37. The van der Waals surface area contributed by atoms with Crippen molar-refractivity contribution in [3.05, 3.63) is 47.3 Å². The SMILES string of the molecule is C#Cc1cc(C)cc(Nc2cc(C(C)F)ccn2)n1. The van der Waals surface area contributed by atoms with E-state index in [1.54, 1.807) is 18.3 Å². The molecule has 2 heterocycles. The number of alkyl halides is 1. The molecule has 0 aliphatic carbocycles. The highest BCUT2D eigenvalue weighted by Gasteiger charge is 2.05. The highest BCUT2D eigenvalue weighted by molar-refractivity contribution is 5.54. The number of aromatic nitrogens is 2. The number of anilines is 2. The van der Waals surface area contributed by atoms with E-state index in [2.05, 4.69) is 21.2 Å². The molecule has 3 nitrogen and oxygen atoms in total. The lowest BCUT2D eigenvalue weighted by Crippen LogP contribution is -1.99. The number of hydrogen-bond donors (Lipinski definition) is 1. The third-order valence-corrected chi connectivity index (χ3v) is 2.62. The third-order valence-electron chi connectivity index (χ3n) is 2.62. The Kier molecular flexibility index (Phi) is 3.76. The Labute approximate surface area is 111 Å². The van der Waals surface area contributed by atoms with Crippen LogP contribution in [0.4, 0.5) is 16.0 Å². The number of rotatable bonds is 3. The summed E-state index contributed by atoms with van der Waals surface area (Å²) in [5, 5.41) is 3.03. The summed E-state index contributed by atoms with van der Waals surface area (Å²) in [6.45, 7) is 3.42. The Hall–Kier alpha value is -2.41. The molecular formula is C15H14FN3. The van der Waals surface area contributed by atoms with Gasteiger partial charge < -0.3 is 5.32 Å². The second-order valence-electron chi connectivity index (χ2n) is 4.27. The van der Waals surface area contributed by atoms with Gasteiger partial charge in [0.2, 0.25) is 0 Å². The van der Waals surface area contributed by atoms with Gasteiger partial charge in [-0.2, -0.15) is 0 Å². The third kappa shape index (κ3) is 3.29. The van der Waals surface area contributed by atoms with Gasteiger partial charge in [-0.05, 0) is 49.2 Å². The van der Waals surface area contributed by atoms with E-state index >= 15 is 0 Å². The maximum absolute atomic E-state index is 13.2. The normalized spacial score (nSPS) is 11.7. The van der Waals surface area contributed by atoms with Crippen molar-refractivity contribution in [2.24, 2.45) is 0 Å². The number of aryl methyl sites for hydroxylation is 1. The van der Waals surface area contributed by atoms with E-state index in [4.69, 9.17) is 6.42 Å². The molecule has 0 aromatic carbocycles. The monoisotopic (exact) mass is 255 g/mol. The molecule has 0 aliphatic rings. The van der Waals surface area contributed by atoms with E-state index in [9.17, 15) is 4.39 Å². The van der Waals surface area contributed by atoms with Gasteiger partial charge in [0.15, 0.2) is 0 Å². The average Bonchev–Trinajstić information content (AvgIpc) is 2.38. The van der Waals surface area contributed by atoms with Crippen LogP contribution in [0, 0.1) is 19.3 Å². The van der Waals surface area contributed by atoms with E-state index in [1.807, 2.05) is 19.1 Å². The Balaban J connectivity index is 2.28. The summed E-state index contributed by atoms with van der Waals surface area (Å²) in [6.07, 6.45) is 5.87. The zero-order valence-corrected chi connectivity index (χ0v) is 10.8. The second kappa shape index (κ2) is 5.49. The first kappa shape index (κ1) is 13.0. The molecule has 1 N–H and O–H groups in total. The molecule has 2 aromatic heterocycles. The highest BCUT2D eigenvalue weighted by atomic mass is 19.1. The van der Waals surface area contributed by atoms with Gasteiger partial charge in [0.05, 0.1) is 0 Å². The Morgan fingerprint density at radius 2 is 2.11 bits per heavy atom. The molecule has 0 amide bonds. The van der Waals surface area contributed by atoms with Crippen LogP contribution in [0.3, 0.4) is 0 Å². The first-order valence-corrected chi connectivity index (χ1v) is 5.91. The Bertz CT molecular complexity index is 630. The molecule has 0 fully saturated rings. The van der Waals surface area contributed by atoms with Gasteiger partial charge in [-0.1, -0.05) is 5.92 Å². The lowest BCUT2D eigenvalue weighted by atomic mass is 10.2. The molecule has 0 aliphatic heterocycles. The molecule has 96 valence electrons.